The van der Waals surface area contributed by atoms with Crippen molar-refractivity contribution in [2.45, 2.75) is 100 Å². The normalized spacial score (nSPS) is 14.9. The monoisotopic (exact) mass is 651 g/mol. The molecule has 14 heteroatoms. The summed E-state index contributed by atoms with van der Waals surface area (Å²) in [5.74, 6) is 0. The fourth-order valence-corrected chi connectivity index (χ4v) is 7.09. The molecule has 0 fully saturated rings. The van der Waals surface area contributed by atoms with Crippen molar-refractivity contribution in [3.8, 4) is 0 Å². The number of rotatable bonds is 1. The van der Waals surface area contributed by atoms with Gasteiger partial charge in [-0.2, -0.15) is 0 Å². The Bertz CT molecular complexity index is 552. The van der Waals surface area contributed by atoms with Crippen molar-refractivity contribution >= 4 is 13.3 Å². The van der Waals surface area contributed by atoms with Crippen LogP contribution in [-0.4, -0.2) is 44.9 Å². The topological polar surface area (TPSA) is 71.4 Å². The molecule has 0 aromatic carbocycles. The molecule has 3 N–H and O–H groups in total. The van der Waals surface area contributed by atoms with Crippen LogP contribution in [0.25, 0.3) is 17.2 Å². The number of hydrogen-bond acceptors (Lipinski definition) is 0. The Morgan fingerprint density at radius 3 is 0.941 bits per heavy atom. The van der Waals surface area contributed by atoms with Crippen LogP contribution in [0.5, 0.6) is 0 Å². The fraction of sp³-hybridized carbons (Fsp3) is 0.800. The number of halogens is 9. The van der Waals surface area contributed by atoms with Crippen LogP contribution in [0.4, 0.5) is 39.5 Å². The largest absolute Gasteiger partial charge is 4.00 e. The van der Waals surface area contributed by atoms with Gasteiger partial charge in [-0.25, -0.2) is 0 Å². The minimum absolute atomic E-state index is 0. The predicted octanol–water partition coefficient (Wildman–Crippen LogP) is 9.48. The fourth-order valence-electron chi connectivity index (χ4n) is 1.60. The summed E-state index contributed by atoms with van der Waals surface area (Å²) in [7, 11) is 0. The van der Waals surface area contributed by atoms with Gasteiger partial charge in [0.15, 0.2) is 0 Å². The van der Waals surface area contributed by atoms with Gasteiger partial charge >= 0.3 is 123 Å². The number of nitrogens with one attached hydrogen (secondary N) is 3. The molecular formula is C20H34F9GeN3Zr. The zero-order valence-electron chi connectivity index (χ0n) is 20.8. The van der Waals surface area contributed by atoms with Gasteiger partial charge in [-0.3, -0.25) is 0 Å². The van der Waals surface area contributed by atoms with Crippen LogP contribution >= 0.6 is 0 Å². The summed E-state index contributed by atoms with van der Waals surface area (Å²) in [4.78, 5) is 0. The summed E-state index contributed by atoms with van der Waals surface area (Å²) >= 11 is -8.40. The zero-order chi connectivity index (χ0) is 27.9. The summed E-state index contributed by atoms with van der Waals surface area (Å²) in [6.45, 7) is 16.7. The average Bonchev–Trinajstić information content (AvgIpc) is 2.80. The van der Waals surface area contributed by atoms with E-state index in [2.05, 4.69) is 0 Å². The molecule has 0 saturated heterocycles. The van der Waals surface area contributed by atoms with Gasteiger partial charge in [-0.1, -0.05) is 62.3 Å². The number of allylic oxidation sites excluding steroid dienone is 4. The molecule has 0 bridgehead atoms. The number of hydrogen-bond donors (Lipinski definition) is 0. The van der Waals surface area contributed by atoms with Crippen LogP contribution in [0.2, 0.25) is 0 Å². The van der Waals surface area contributed by atoms with E-state index in [0.717, 1.165) is 6.08 Å². The van der Waals surface area contributed by atoms with Crippen molar-refractivity contribution in [3.05, 3.63) is 39.8 Å². The van der Waals surface area contributed by atoms with Crippen LogP contribution < -0.4 is 0 Å². The first-order chi connectivity index (χ1) is 13.9. The van der Waals surface area contributed by atoms with Gasteiger partial charge in [0.05, 0.1) is 0 Å². The van der Waals surface area contributed by atoms with Crippen LogP contribution in [0.15, 0.2) is 16.6 Å². The molecule has 0 atom stereocenters. The summed E-state index contributed by atoms with van der Waals surface area (Å²) < 4.78 is 111. The molecule has 1 rings (SSSR count). The molecule has 0 aromatic rings. The average molecular weight is 651 g/mol. The second-order valence-electron chi connectivity index (χ2n) is 10.2. The molecular weight excluding hydrogens is 617 g/mol. The van der Waals surface area contributed by atoms with E-state index in [4.69, 9.17) is 17.2 Å². The molecule has 0 spiro atoms. The standard InChI is InChI=1S/C8H4F9Ge.3C4H10N.Zr/c9-6(10,11)18(7(12,13)14,8(15,16)17)5-3-1-2-4-5;3*1-4(2,3)5;/h1,3H,2H2;3*5H,1-3H3;/q4*-1;+4. The van der Waals surface area contributed by atoms with E-state index in [9.17, 15) is 39.5 Å². The van der Waals surface area contributed by atoms with Gasteiger partial charge in [-0.15, -0.1) is 16.6 Å². The molecule has 0 saturated carbocycles. The van der Waals surface area contributed by atoms with E-state index in [-0.39, 0.29) is 48.9 Å². The quantitative estimate of drug-likeness (QED) is 0.154. The predicted molar refractivity (Wildman–Crippen MR) is 117 cm³/mol. The number of alkyl halides is 9. The first-order valence-electron chi connectivity index (χ1n) is 9.58. The first kappa shape index (κ1) is 41.3. The zero-order valence-corrected chi connectivity index (χ0v) is 25.3. The molecule has 0 unspecified atom stereocenters. The molecule has 3 nitrogen and oxygen atoms in total. The van der Waals surface area contributed by atoms with Crippen molar-refractivity contribution < 1.29 is 65.7 Å². The van der Waals surface area contributed by atoms with Gasteiger partial charge in [0.1, 0.15) is 0 Å². The van der Waals surface area contributed by atoms with E-state index in [1.807, 2.05) is 62.3 Å². The summed E-state index contributed by atoms with van der Waals surface area (Å²) in [5.41, 5.74) is 20.1. The van der Waals surface area contributed by atoms with E-state index in [1.165, 1.54) is 0 Å². The third kappa shape index (κ3) is 19.4. The third-order valence-corrected chi connectivity index (χ3v) is 10.1. The van der Waals surface area contributed by atoms with Crippen LogP contribution in [0.3, 0.4) is 0 Å². The van der Waals surface area contributed by atoms with Crippen molar-refractivity contribution in [1.29, 1.82) is 0 Å². The van der Waals surface area contributed by atoms with Gasteiger partial charge in [0.25, 0.3) is 0 Å². The van der Waals surface area contributed by atoms with Gasteiger partial charge in [0.2, 0.25) is 0 Å². The minimum Gasteiger partial charge on any atom is 4.00 e. The molecule has 1 aliphatic rings. The van der Waals surface area contributed by atoms with E-state index < -0.39 is 39.1 Å². The maximum atomic E-state index is 12.6. The third-order valence-electron chi connectivity index (χ3n) is 2.37. The smallest absolute Gasteiger partial charge is 4.00 e. The Balaban J connectivity index is -0.000000231. The van der Waals surface area contributed by atoms with Crippen molar-refractivity contribution in [3.63, 3.8) is 0 Å². The molecule has 200 valence electrons. The van der Waals surface area contributed by atoms with Crippen molar-refractivity contribution in [1.82, 2.24) is 0 Å². The second-order valence-corrected chi connectivity index (χ2v) is 18.0. The molecule has 34 heavy (non-hydrogen) atoms. The van der Waals surface area contributed by atoms with Gasteiger partial charge in [0, 0.05) is 0 Å². The van der Waals surface area contributed by atoms with Crippen LogP contribution in [-0.2, 0) is 26.2 Å². The second kappa shape index (κ2) is 14.2. The molecule has 0 heterocycles. The SMILES string of the molecule is CC(C)(C)[NH-].CC(C)(C)[NH-].CC(C)(C)[NH-].F[C](F)(F)[Ge]([C]1=[C-]CC=C1)([C](F)(F)F)[C](F)(F)F.[Zr+4]. The minimum atomic E-state index is -8.40. The molecule has 0 amide bonds. The van der Waals surface area contributed by atoms with E-state index in [0.29, 0.717) is 0 Å². The van der Waals surface area contributed by atoms with E-state index >= 15 is 0 Å². The van der Waals surface area contributed by atoms with Crippen molar-refractivity contribution in [2.24, 2.45) is 0 Å². The molecule has 1 aliphatic carbocycles. The maximum absolute atomic E-state index is 12.6. The first-order valence-corrected chi connectivity index (χ1v) is 13.8. The van der Waals surface area contributed by atoms with Crippen LogP contribution in [0, 0.1) is 6.08 Å². The summed E-state index contributed by atoms with van der Waals surface area (Å²) in [6, 6.07) is 0. The Labute approximate surface area is 218 Å². The Morgan fingerprint density at radius 1 is 0.618 bits per heavy atom. The van der Waals surface area contributed by atoms with Gasteiger partial charge in [-0.05, 0) is 0 Å². The Morgan fingerprint density at radius 2 is 0.824 bits per heavy atom. The van der Waals surface area contributed by atoms with Crippen molar-refractivity contribution in [2.75, 3.05) is 0 Å². The summed E-state index contributed by atoms with van der Waals surface area (Å²) in [6.07, 6.45) is 2.09. The Kier molecular flexibility index (Phi) is 17.2. The summed E-state index contributed by atoms with van der Waals surface area (Å²) in [5, 5.41) is -19.1. The van der Waals surface area contributed by atoms with Gasteiger partial charge < -0.3 is 17.2 Å². The Hall–Kier alpha value is 0.156. The molecule has 0 aromatic heterocycles. The van der Waals surface area contributed by atoms with E-state index in [1.54, 1.807) is 6.08 Å². The maximum Gasteiger partial charge on any atom is 4.00 e. The molecule has 0 radical (unpaired) electrons. The van der Waals surface area contributed by atoms with Crippen LogP contribution in [0.1, 0.15) is 68.7 Å². The molecule has 0 aliphatic heterocycles.